The van der Waals surface area contributed by atoms with Gasteiger partial charge in [0.1, 0.15) is 5.82 Å². The highest BCUT2D eigenvalue weighted by molar-refractivity contribution is 5.82. The van der Waals surface area contributed by atoms with Crippen LogP contribution in [0.3, 0.4) is 0 Å². The first-order valence-corrected chi connectivity index (χ1v) is 7.75. The van der Waals surface area contributed by atoms with Crippen LogP contribution < -0.4 is 14.8 Å². The largest absolute Gasteiger partial charge is 0.493 e. The van der Waals surface area contributed by atoms with Crippen molar-refractivity contribution in [1.82, 2.24) is 5.32 Å². The number of carbonyl (C=O) groups excluding carboxylic acids is 1. The van der Waals surface area contributed by atoms with Crippen molar-refractivity contribution in [3.05, 3.63) is 58.9 Å². The molecule has 1 unspecified atom stereocenters. The Morgan fingerprint density at radius 3 is 2.31 bits per heavy atom. The summed E-state index contributed by atoms with van der Waals surface area (Å²) in [6.45, 7) is 0.222. The molecule has 0 bridgehead atoms. The van der Waals surface area contributed by atoms with Crippen molar-refractivity contribution in [2.24, 2.45) is 0 Å². The summed E-state index contributed by atoms with van der Waals surface area (Å²) in [5.74, 6) is -0.613. The van der Waals surface area contributed by atoms with E-state index in [4.69, 9.17) is 19.5 Å². The molecule has 0 aliphatic rings. The first kappa shape index (κ1) is 19.2. The molecule has 136 valence electrons. The lowest BCUT2D eigenvalue weighted by Gasteiger charge is -2.18. The molecule has 0 aromatic heterocycles. The Hall–Kier alpha value is -3.11. The van der Waals surface area contributed by atoms with Crippen LogP contribution in [0.5, 0.6) is 11.5 Å². The molecule has 0 aliphatic heterocycles. The van der Waals surface area contributed by atoms with Crippen molar-refractivity contribution in [2.75, 3.05) is 21.3 Å². The third kappa shape index (κ3) is 4.29. The molecule has 1 amide bonds. The molecule has 0 radical (unpaired) electrons. The van der Waals surface area contributed by atoms with E-state index in [0.717, 1.165) is 11.6 Å². The fourth-order valence-corrected chi connectivity index (χ4v) is 2.43. The van der Waals surface area contributed by atoms with Gasteiger partial charge < -0.3 is 19.5 Å². The smallest absolute Gasteiger partial charge is 0.254 e. The van der Waals surface area contributed by atoms with E-state index in [1.165, 1.54) is 27.4 Å². The van der Waals surface area contributed by atoms with E-state index < -0.39 is 17.8 Å². The highest BCUT2D eigenvalue weighted by atomic mass is 19.1. The summed E-state index contributed by atoms with van der Waals surface area (Å²) in [6.07, 6.45) is -1.15. The Morgan fingerprint density at radius 2 is 1.77 bits per heavy atom. The number of hydrogen-bond donors (Lipinski definition) is 1. The van der Waals surface area contributed by atoms with Crippen LogP contribution in [0.4, 0.5) is 4.39 Å². The lowest BCUT2D eigenvalue weighted by atomic mass is 10.1. The van der Waals surface area contributed by atoms with Crippen LogP contribution in [-0.2, 0) is 16.1 Å². The molecule has 0 fully saturated rings. The van der Waals surface area contributed by atoms with E-state index in [0.29, 0.717) is 11.3 Å². The highest BCUT2D eigenvalue weighted by Crippen LogP contribution is 2.33. The lowest BCUT2D eigenvalue weighted by molar-refractivity contribution is -0.131. The van der Waals surface area contributed by atoms with Gasteiger partial charge in [-0.15, -0.1) is 0 Å². The maximum absolute atomic E-state index is 14.4. The first-order valence-electron chi connectivity index (χ1n) is 7.75. The molecule has 0 saturated carbocycles. The molecule has 0 aliphatic carbocycles. The van der Waals surface area contributed by atoms with E-state index in [2.05, 4.69) is 5.32 Å². The van der Waals surface area contributed by atoms with Crippen LogP contribution in [0.1, 0.15) is 22.8 Å². The van der Waals surface area contributed by atoms with Crippen LogP contribution in [0.2, 0.25) is 0 Å². The van der Waals surface area contributed by atoms with Crippen molar-refractivity contribution in [2.45, 2.75) is 12.6 Å². The third-order valence-electron chi connectivity index (χ3n) is 3.81. The summed E-state index contributed by atoms with van der Waals surface area (Å²) in [5.41, 5.74) is 1.38. The van der Waals surface area contributed by atoms with Crippen LogP contribution >= 0.6 is 0 Å². The van der Waals surface area contributed by atoms with Gasteiger partial charge >= 0.3 is 0 Å². The molecule has 2 aromatic rings. The predicted octanol–water partition coefficient (Wildman–Crippen LogP) is 2.72. The standard InChI is InChI=1S/C19H19FN2O4/c1-24-16-8-14(15(20)9-17(16)25-2)18(26-3)19(23)22-11-13-6-4-12(10-21)5-7-13/h4-9,18H,11H2,1-3H3,(H,22,23). The second kappa shape index (κ2) is 8.83. The fourth-order valence-electron chi connectivity index (χ4n) is 2.43. The molecular weight excluding hydrogens is 339 g/mol. The van der Waals surface area contributed by atoms with Crippen LogP contribution in [0, 0.1) is 17.1 Å². The number of amides is 1. The second-order valence-corrected chi connectivity index (χ2v) is 5.37. The summed E-state index contributed by atoms with van der Waals surface area (Å²) in [4.78, 5) is 12.5. The van der Waals surface area contributed by atoms with Gasteiger partial charge in [-0.05, 0) is 23.8 Å². The van der Waals surface area contributed by atoms with Gasteiger partial charge in [-0.2, -0.15) is 5.26 Å². The number of methoxy groups -OCH3 is 3. The Morgan fingerprint density at radius 1 is 1.15 bits per heavy atom. The number of ether oxygens (including phenoxy) is 3. The van der Waals surface area contributed by atoms with Crippen molar-refractivity contribution in [3.63, 3.8) is 0 Å². The Bertz CT molecular complexity index is 816. The van der Waals surface area contributed by atoms with E-state index >= 15 is 0 Å². The number of nitriles is 1. The van der Waals surface area contributed by atoms with Crippen molar-refractivity contribution in [3.8, 4) is 17.6 Å². The minimum Gasteiger partial charge on any atom is -0.493 e. The van der Waals surface area contributed by atoms with Gasteiger partial charge in [0.25, 0.3) is 5.91 Å². The quantitative estimate of drug-likeness (QED) is 0.823. The highest BCUT2D eigenvalue weighted by Gasteiger charge is 2.25. The zero-order valence-electron chi connectivity index (χ0n) is 14.7. The molecule has 1 N–H and O–H groups in total. The number of hydrogen-bond acceptors (Lipinski definition) is 5. The Balaban J connectivity index is 2.16. The van der Waals surface area contributed by atoms with E-state index in [1.54, 1.807) is 24.3 Å². The van der Waals surface area contributed by atoms with Crippen molar-refractivity contribution < 1.29 is 23.4 Å². The number of nitrogens with zero attached hydrogens (tertiary/aromatic N) is 1. The number of rotatable bonds is 7. The van der Waals surface area contributed by atoms with Crippen LogP contribution in [0.25, 0.3) is 0 Å². The first-order chi connectivity index (χ1) is 12.5. The molecular formula is C19H19FN2O4. The summed E-state index contributed by atoms with van der Waals surface area (Å²) in [7, 11) is 4.14. The summed E-state index contributed by atoms with van der Waals surface area (Å²) in [5, 5.41) is 11.5. The van der Waals surface area contributed by atoms with Gasteiger partial charge in [0, 0.05) is 25.3 Å². The van der Waals surface area contributed by atoms with Gasteiger partial charge in [-0.25, -0.2) is 4.39 Å². The molecule has 2 rings (SSSR count). The number of nitrogens with one attached hydrogen (secondary N) is 1. The monoisotopic (exact) mass is 358 g/mol. The average Bonchev–Trinajstić information content (AvgIpc) is 2.68. The summed E-state index contributed by atoms with van der Waals surface area (Å²) >= 11 is 0. The average molecular weight is 358 g/mol. The minimum absolute atomic E-state index is 0.0440. The molecule has 26 heavy (non-hydrogen) atoms. The molecule has 2 aromatic carbocycles. The molecule has 0 saturated heterocycles. The van der Waals surface area contributed by atoms with Gasteiger partial charge in [0.15, 0.2) is 17.6 Å². The lowest BCUT2D eigenvalue weighted by Crippen LogP contribution is -2.30. The topological polar surface area (TPSA) is 80.6 Å². The Labute approximate surface area is 151 Å². The molecule has 1 atom stereocenters. The maximum atomic E-state index is 14.4. The van der Waals surface area contributed by atoms with Crippen molar-refractivity contribution in [1.29, 1.82) is 5.26 Å². The zero-order chi connectivity index (χ0) is 19.1. The Kier molecular flexibility index (Phi) is 6.53. The van der Waals surface area contributed by atoms with Gasteiger partial charge in [0.2, 0.25) is 0 Å². The summed E-state index contributed by atoms with van der Waals surface area (Å²) < 4.78 is 29.7. The molecule has 0 heterocycles. The minimum atomic E-state index is -1.15. The van der Waals surface area contributed by atoms with E-state index in [9.17, 15) is 9.18 Å². The zero-order valence-corrected chi connectivity index (χ0v) is 14.7. The van der Waals surface area contributed by atoms with Crippen LogP contribution in [-0.4, -0.2) is 27.2 Å². The number of benzene rings is 2. The van der Waals surface area contributed by atoms with Gasteiger partial charge in [-0.1, -0.05) is 12.1 Å². The molecule has 6 nitrogen and oxygen atoms in total. The third-order valence-corrected chi connectivity index (χ3v) is 3.81. The normalized spacial score (nSPS) is 11.3. The fraction of sp³-hybridized carbons (Fsp3) is 0.263. The molecule has 7 heteroatoms. The van der Waals surface area contributed by atoms with E-state index in [1.807, 2.05) is 6.07 Å². The predicted molar refractivity (Wildman–Crippen MR) is 92.3 cm³/mol. The maximum Gasteiger partial charge on any atom is 0.254 e. The van der Waals surface area contributed by atoms with Gasteiger partial charge in [0.05, 0.1) is 25.9 Å². The number of carbonyl (C=O) groups is 1. The van der Waals surface area contributed by atoms with Crippen LogP contribution in [0.15, 0.2) is 36.4 Å². The van der Waals surface area contributed by atoms with Gasteiger partial charge in [-0.3, -0.25) is 4.79 Å². The van der Waals surface area contributed by atoms with Crippen molar-refractivity contribution >= 4 is 5.91 Å². The van der Waals surface area contributed by atoms with E-state index in [-0.39, 0.29) is 17.9 Å². The second-order valence-electron chi connectivity index (χ2n) is 5.37. The summed E-state index contributed by atoms with van der Waals surface area (Å²) in [6, 6.07) is 11.3. The number of halogens is 1. The molecule has 0 spiro atoms. The SMILES string of the molecule is COc1cc(F)c(C(OC)C(=O)NCc2ccc(C#N)cc2)cc1OC.